The van der Waals surface area contributed by atoms with Crippen LogP contribution >= 0.6 is 38.9 Å². The Hall–Kier alpha value is -1.76. The summed E-state index contributed by atoms with van der Waals surface area (Å²) in [5, 5.41) is 6.03. The van der Waals surface area contributed by atoms with Crippen molar-refractivity contribution in [3.8, 4) is 10.6 Å². The molecule has 0 spiro atoms. The van der Waals surface area contributed by atoms with Gasteiger partial charge in [0, 0.05) is 21.6 Å². The average molecular weight is 409 g/mol. The minimum absolute atomic E-state index is 0.161. The Morgan fingerprint density at radius 1 is 1.30 bits per heavy atom. The minimum Gasteiger partial charge on any atom is -0.310 e. The van der Waals surface area contributed by atoms with Gasteiger partial charge in [0.2, 0.25) is 5.91 Å². The molecule has 0 aliphatic heterocycles. The predicted octanol–water partition coefficient (Wildman–Crippen LogP) is 4.80. The van der Waals surface area contributed by atoms with Crippen molar-refractivity contribution in [1.82, 2.24) is 9.97 Å². The van der Waals surface area contributed by atoms with Crippen molar-refractivity contribution < 1.29 is 4.79 Å². The van der Waals surface area contributed by atoms with E-state index in [-0.39, 0.29) is 12.3 Å². The van der Waals surface area contributed by atoms with Gasteiger partial charge in [0.05, 0.1) is 17.1 Å². The SMILES string of the molecule is O=C(Cc1csc(-c2cccc(Br)c2)n1)Nc1ccc(Cl)cn1. The number of nitrogens with one attached hydrogen (secondary N) is 1. The van der Waals surface area contributed by atoms with Gasteiger partial charge in [-0.2, -0.15) is 0 Å². The highest BCUT2D eigenvalue weighted by molar-refractivity contribution is 9.10. The van der Waals surface area contributed by atoms with Crippen molar-refractivity contribution in [2.45, 2.75) is 6.42 Å². The minimum atomic E-state index is -0.161. The highest BCUT2D eigenvalue weighted by Gasteiger charge is 2.10. The van der Waals surface area contributed by atoms with E-state index in [0.29, 0.717) is 10.8 Å². The van der Waals surface area contributed by atoms with Crippen molar-refractivity contribution >= 4 is 50.6 Å². The molecule has 1 N–H and O–H groups in total. The van der Waals surface area contributed by atoms with E-state index in [9.17, 15) is 4.79 Å². The van der Waals surface area contributed by atoms with Gasteiger partial charge in [0.15, 0.2) is 0 Å². The van der Waals surface area contributed by atoms with Crippen LogP contribution in [0.25, 0.3) is 10.6 Å². The van der Waals surface area contributed by atoms with Gasteiger partial charge in [-0.25, -0.2) is 9.97 Å². The fourth-order valence-corrected chi connectivity index (χ4v) is 3.27. The second-order valence-corrected chi connectivity index (χ2v) is 6.95. The summed E-state index contributed by atoms with van der Waals surface area (Å²) >= 11 is 10.7. The monoisotopic (exact) mass is 407 g/mol. The van der Waals surface area contributed by atoms with Crippen LogP contribution in [0.4, 0.5) is 5.82 Å². The zero-order valence-corrected chi connectivity index (χ0v) is 15.0. The molecule has 1 aromatic carbocycles. The van der Waals surface area contributed by atoms with Crippen molar-refractivity contribution in [3.63, 3.8) is 0 Å². The van der Waals surface area contributed by atoms with Gasteiger partial charge in [-0.15, -0.1) is 11.3 Å². The van der Waals surface area contributed by atoms with Crippen LogP contribution < -0.4 is 5.32 Å². The van der Waals surface area contributed by atoms with Crippen molar-refractivity contribution in [2.24, 2.45) is 0 Å². The highest BCUT2D eigenvalue weighted by Crippen LogP contribution is 2.26. The topological polar surface area (TPSA) is 54.9 Å². The van der Waals surface area contributed by atoms with Crippen LogP contribution in [0.1, 0.15) is 5.69 Å². The second-order valence-electron chi connectivity index (χ2n) is 4.74. The lowest BCUT2D eigenvalue weighted by molar-refractivity contribution is -0.115. The third-order valence-corrected chi connectivity index (χ3v) is 4.62. The Kier molecular flexibility index (Phi) is 5.05. The quantitative estimate of drug-likeness (QED) is 0.674. The fourth-order valence-electron chi connectivity index (χ4n) is 1.94. The Morgan fingerprint density at radius 3 is 2.91 bits per heavy atom. The Morgan fingerprint density at radius 2 is 2.17 bits per heavy atom. The molecule has 0 aliphatic rings. The van der Waals surface area contributed by atoms with E-state index in [1.807, 2.05) is 29.6 Å². The largest absolute Gasteiger partial charge is 0.310 e. The van der Waals surface area contributed by atoms with Crippen molar-refractivity contribution in [3.05, 3.63) is 63.2 Å². The molecule has 2 heterocycles. The van der Waals surface area contributed by atoms with Crippen molar-refractivity contribution in [2.75, 3.05) is 5.32 Å². The molecule has 0 fully saturated rings. The number of halogens is 2. The van der Waals surface area contributed by atoms with Gasteiger partial charge >= 0.3 is 0 Å². The van der Waals surface area contributed by atoms with Crippen LogP contribution in [0.5, 0.6) is 0 Å². The van der Waals surface area contributed by atoms with Crippen LogP contribution in [-0.4, -0.2) is 15.9 Å². The number of aromatic nitrogens is 2. The summed E-state index contributed by atoms with van der Waals surface area (Å²) < 4.78 is 0.998. The van der Waals surface area contributed by atoms with E-state index < -0.39 is 0 Å². The first kappa shape index (κ1) is 16.1. The van der Waals surface area contributed by atoms with E-state index in [2.05, 4.69) is 31.2 Å². The van der Waals surface area contributed by atoms with Gasteiger partial charge in [-0.3, -0.25) is 4.79 Å². The summed E-state index contributed by atoms with van der Waals surface area (Å²) in [5.74, 6) is 0.313. The molecular weight excluding hydrogens is 398 g/mol. The summed E-state index contributed by atoms with van der Waals surface area (Å²) in [5.41, 5.74) is 1.76. The molecule has 0 radical (unpaired) electrons. The summed E-state index contributed by atoms with van der Waals surface area (Å²) in [6, 6.07) is 11.3. The molecule has 1 amide bonds. The maximum atomic E-state index is 12.0. The molecule has 0 bridgehead atoms. The summed E-state index contributed by atoms with van der Waals surface area (Å²) in [4.78, 5) is 20.6. The summed E-state index contributed by atoms with van der Waals surface area (Å²) in [7, 11) is 0. The van der Waals surface area contributed by atoms with E-state index in [4.69, 9.17) is 11.6 Å². The number of thiazole rings is 1. The molecule has 0 aliphatic carbocycles. The number of benzene rings is 1. The number of hydrogen-bond acceptors (Lipinski definition) is 4. The van der Waals surface area contributed by atoms with Gasteiger partial charge in [-0.05, 0) is 24.3 Å². The van der Waals surface area contributed by atoms with Crippen LogP contribution in [0.2, 0.25) is 5.02 Å². The number of pyridine rings is 1. The fraction of sp³-hybridized carbons (Fsp3) is 0.0625. The van der Waals surface area contributed by atoms with Crippen LogP contribution in [0, 0.1) is 0 Å². The molecule has 7 heteroatoms. The van der Waals surface area contributed by atoms with Gasteiger partial charge in [-0.1, -0.05) is 39.7 Å². The number of amides is 1. The van der Waals surface area contributed by atoms with E-state index in [0.717, 1.165) is 20.7 Å². The maximum absolute atomic E-state index is 12.0. The lowest BCUT2D eigenvalue weighted by atomic mass is 10.2. The molecule has 3 aromatic rings. The third kappa shape index (κ3) is 4.37. The molecule has 3 rings (SSSR count). The zero-order valence-electron chi connectivity index (χ0n) is 11.8. The molecule has 2 aromatic heterocycles. The predicted molar refractivity (Wildman–Crippen MR) is 96.8 cm³/mol. The highest BCUT2D eigenvalue weighted by atomic mass is 79.9. The number of rotatable bonds is 4. The molecule has 4 nitrogen and oxygen atoms in total. The third-order valence-electron chi connectivity index (χ3n) is 2.96. The molecule has 0 unspecified atom stereocenters. The average Bonchev–Trinajstić information content (AvgIpc) is 2.98. The van der Waals surface area contributed by atoms with Crippen LogP contribution in [0.15, 0.2) is 52.4 Å². The van der Waals surface area contributed by atoms with Crippen molar-refractivity contribution in [1.29, 1.82) is 0 Å². The van der Waals surface area contributed by atoms with Gasteiger partial charge in [0.25, 0.3) is 0 Å². The van der Waals surface area contributed by atoms with E-state index >= 15 is 0 Å². The summed E-state index contributed by atoms with van der Waals surface area (Å²) in [6.45, 7) is 0. The Balaban J connectivity index is 1.66. The number of carbonyl (C=O) groups excluding carboxylic acids is 1. The van der Waals surface area contributed by atoms with E-state index in [1.54, 1.807) is 12.1 Å². The van der Waals surface area contributed by atoms with Crippen LogP contribution in [-0.2, 0) is 11.2 Å². The smallest absolute Gasteiger partial charge is 0.231 e. The summed E-state index contributed by atoms with van der Waals surface area (Å²) in [6.07, 6.45) is 1.69. The molecule has 116 valence electrons. The second kappa shape index (κ2) is 7.21. The molecule has 0 saturated carbocycles. The normalized spacial score (nSPS) is 10.5. The lowest BCUT2D eigenvalue weighted by Gasteiger charge is -2.02. The first-order valence-electron chi connectivity index (χ1n) is 6.72. The van der Waals surface area contributed by atoms with E-state index in [1.165, 1.54) is 17.5 Å². The zero-order chi connectivity index (χ0) is 16.2. The standard InChI is InChI=1S/C16H11BrClN3OS/c17-11-3-1-2-10(6-11)16-20-13(9-23-16)7-15(22)21-14-5-4-12(18)8-19-14/h1-6,8-9H,7H2,(H,19,21,22). The Labute approximate surface area is 150 Å². The number of anilines is 1. The first-order chi connectivity index (χ1) is 11.1. The van der Waals surface area contributed by atoms with Gasteiger partial charge < -0.3 is 5.32 Å². The first-order valence-corrected chi connectivity index (χ1v) is 8.77. The van der Waals surface area contributed by atoms with Crippen LogP contribution in [0.3, 0.4) is 0 Å². The molecule has 0 saturated heterocycles. The molecular formula is C16H11BrClN3OS. The molecule has 23 heavy (non-hydrogen) atoms. The Bertz CT molecular complexity index is 835. The lowest BCUT2D eigenvalue weighted by Crippen LogP contribution is -2.15. The number of nitrogens with zero attached hydrogens (tertiary/aromatic N) is 2. The van der Waals surface area contributed by atoms with Gasteiger partial charge in [0.1, 0.15) is 10.8 Å². The number of carbonyl (C=O) groups is 1. The maximum Gasteiger partial charge on any atom is 0.231 e. The number of hydrogen-bond donors (Lipinski definition) is 1. The molecule has 0 atom stereocenters.